The van der Waals surface area contributed by atoms with Gasteiger partial charge in [-0.05, 0) is 162 Å². The summed E-state index contributed by atoms with van der Waals surface area (Å²) in [6.07, 6.45) is 11.1. The number of pyridine rings is 4. The van der Waals surface area contributed by atoms with Crippen molar-refractivity contribution in [2.24, 2.45) is 0 Å². The molecule has 1 saturated heterocycles. The van der Waals surface area contributed by atoms with Gasteiger partial charge in [-0.1, -0.05) is 99.5 Å². The predicted molar refractivity (Wildman–Crippen MR) is 351 cm³/mol. The van der Waals surface area contributed by atoms with E-state index in [1.807, 2.05) is 98.8 Å². The fraction of sp³-hybridized carbons (Fsp3) is 0.412. The molecule has 0 unspecified atom stereocenters. The number of aliphatic hydroxyl groups excluding tert-OH is 1. The van der Waals surface area contributed by atoms with E-state index in [1.54, 1.807) is 36.9 Å². The third kappa shape index (κ3) is 12.4. The first-order chi connectivity index (χ1) is 42.0. The number of aryl methyl sites for hydroxylation is 2. The minimum atomic E-state index is -1.99. The van der Waals surface area contributed by atoms with Gasteiger partial charge in [0.2, 0.25) is 8.32 Å². The Morgan fingerprint density at radius 2 is 1.03 bits per heavy atom. The van der Waals surface area contributed by atoms with Crippen LogP contribution >= 0.6 is 15.9 Å². The summed E-state index contributed by atoms with van der Waals surface area (Å²) in [4.78, 5) is 34.6. The highest BCUT2D eigenvalue weighted by Gasteiger charge is 2.54. The number of aromatic amines is 2. The maximum atomic E-state index is 12.4. The van der Waals surface area contributed by atoms with E-state index in [2.05, 4.69) is 125 Å². The summed E-state index contributed by atoms with van der Waals surface area (Å²) in [5.74, 6) is 3.86. The molecule has 0 atom stereocenters. The van der Waals surface area contributed by atoms with Gasteiger partial charge in [0.05, 0.1) is 85.1 Å². The summed E-state index contributed by atoms with van der Waals surface area (Å²) in [5.41, 5.74) is 7.54. The lowest BCUT2D eigenvalue weighted by atomic mass is 9.77. The average Bonchev–Trinajstić information content (AvgIpc) is 1.79. The smallest absolute Gasteiger partial charge is 0.408 e. The number of fused-ring (bicyclic) bond motifs is 2. The molecule has 5 N–H and O–H groups in total. The molecule has 9 heterocycles. The molecule has 89 heavy (non-hydrogen) atoms. The Morgan fingerprint density at radius 3 is 1.44 bits per heavy atom. The molecule has 466 valence electrons. The second-order valence-electron chi connectivity index (χ2n) is 25.4. The number of aromatic nitrogens is 10. The zero-order chi connectivity index (χ0) is 62.5. The van der Waals surface area contributed by atoms with Crippen molar-refractivity contribution in [1.82, 2.24) is 50.2 Å². The molecule has 3 fully saturated rings. The third-order valence-electron chi connectivity index (χ3n) is 18.0. The van der Waals surface area contributed by atoms with Crippen molar-refractivity contribution in [3.63, 3.8) is 0 Å². The molecule has 0 amide bonds. The lowest BCUT2D eigenvalue weighted by molar-refractivity contribution is 0.00578. The summed E-state index contributed by atoms with van der Waals surface area (Å²) in [6.45, 7) is 25.8. The van der Waals surface area contributed by atoms with E-state index < -0.39 is 37.8 Å². The minimum absolute atomic E-state index is 0. The number of imidazole rings is 2. The molecule has 1 aliphatic heterocycles. The van der Waals surface area contributed by atoms with Crippen LogP contribution in [0.2, 0.25) is 16.6 Å². The van der Waals surface area contributed by atoms with E-state index in [4.69, 9.17) is 32.7 Å². The monoisotopic (exact) mass is 1280 g/mol. The number of nitrogens with one attached hydrogen (secondary N) is 2. The van der Waals surface area contributed by atoms with Crippen molar-refractivity contribution in [3.05, 3.63) is 195 Å². The molecule has 2 aliphatic carbocycles. The molecule has 21 heteroatoms. The van der Waals surface area contributed by atoms with E-state index in [-0.39, 0.29) is 14.0 Å². The zero-order valence-electron chi connectivity index (χ0n) is 52.1. The van der Waals surface area contributed by atoms with Crippen LogP contribution in [0.1, 0.15) is 183 Å². The molecule has 2 saturated carbocycles. The normalized spacial score (nSPS) is 15.8. The highest BCUT2D eigenvalue weighted by molar-refractivity contribution is 9.10. The molecule has 0 spiro atoms. The van der Waals surface area contributed by atoms with Gasteiger partial charge in [-0.15, -0.1) is 0 Å². The molecule has 10 aromatic rings. The largest absolute Gasteiger partial charge is 0.500 e. The van der Waals surface area contributed by atoms with Gasteiger partial charge < -0.3 is 48.1 Å². The second-order valence-corrected chi connectivity index (χ2v) is 31.7. The van der Waals surface area contributed by atoms with Crippen molar-refractivity contribution < 1.29 is 38.1 Å². The van der Waals surface area contributed by atoms with Gasteiger partial charge in [0.25, 0.3) is 0 Å². The van der Waals surface area contributed by atoms with Crippen LogP contribution in [0.4, 0.5) is 0 Å². The quantitative estimate of drug-likeness (QED) is 0.0532. The van der Waals surface area contributed by atoms with Gasteiger partial charge in [-0.2, -0.15) is 0 Å². The number of aliphatic hydroxyl groups is 3. The zero-order valence-corrected chi connectivity index (χ0v) is 54.7. The van der Waals surface area contributed by atoms with Crippen molar-refractivity contribution in [2.45, 2.75) is 180 Å². The summed E-state index contributed by atoms with van der Waals surface area (Å²) >= 11 is 3.58. The fourth-order valence-electron chi connectivity index (χ4n) is 12.5. The highest BCUT2D eigenvalue weighted by Crippen LogP contribution is 2.47. The van der Waals surface area contributed by atoms with Crippen LogP contribution in [-0.4, -0.2) is 92.1 Å². The van der Waals surface area contributed by atoms with E-state index in [0.29, 0.717) is 91.5 Å². The molecule has 8 aromatic heterocycles. The minimum Gasteiger partial charge on any atom is -0.408 e. The number of rotatable bonds is 17. The number of hydrogen-bond acceptors (Lipinski definition) is 16. The predicted octanol–water partition coefficient (Wildman–Crippen LogP) is 13.9. The van der Waals surface area contributed by atoms with Crippen LogP contribution in [0.5, 0.6) is 0 Å². The third-order valence-corrected chi connectivity index (χ3v) is 24.5. The topological polar surface area (TPSA) is 249 Å². The van der Waals surface area contributed by atoms with Crippen molar-refractivity contribution in [3.8, 4) is 11.1 Å². The first-order valence-electron chi connectivity index (χ1n) is 30.4. The Balaban J connectivity index is 0.000000148. The average molecular weight is 1290 g/mol. The van der Waals surface area contributed by atoms with Crippen molar-refractivity contribution >= 4 is 58.9 Å². The first kappa shape index (κ1) is 64.9. The van der Waals surface area contributed by atoms with Gasteiger partial charge in [0, 0.05) is 52.2 Å². The van der Waals surface area contributed by atoms with Gasteiger partial charge in [-0.3, -0.25) is 19.9 Å². The standard InChI is InChI=1S/C26H23N5O3.C21H17BrN4O.C20H38BNO4Si.CH4/c1-15-23(20(14-32)34-31-15)17-12-18(24-19(13-17)29-25(30-24)16-8-9-16)26(33,21-6-2-4-10-27-21)22-7-3-5-11-28-22;22-14-11-15(19-16(12-14)25-20(26-19)13-7-8-13)21(27,17-5-1-3-9-23-17)18-6-2-4-10-24-18;1-13(2)27(14(3)4,15(5)6)23-12-17-18(16(7)22-24-17)21-25-19(8,9)20(10,11)26-21;/h2-7,10-13,16,32-33H,8-9,14H2,1H3,(H,29,30);1-6,9-13,27H,7-8H2,(H,25,26);13-15H,12H2,1-11H3;1H4. The lowest BCUT2D eigenvalue weighted by Gasteiger charge is -2.41. The van der Waals surface area contributed by atoms with E-state index in [9.17, 15) is 15.3 Å². The Bertz CT molecular complexity index is 3920. The van der Waals surface area contributed by atoms with Crippen molar-refractivity contribution in [1.29, 1.82) is 0 Å². The van der Waals surface area contributed by atoms with Crippen LogP contribution in [0.3, 0.4) is 0 Å². The Morgan fingerprint density at radius 1 is 0.618 bits per heavy atom. The van der Waals surface area contributed by atoms with Crippen LogP contribution in [-0.2, 0) is 38.2 Å². The van der Waals surface area contributed by atoms with E-state index in [0.717, 1.165) is 80.8 Å². The first-order valence-corrected chi connectivity index (χ1v) is 33.3. The molecule has 2 aromatic carbocycles. The van der Waals surface area contributed by atoms with Crippen LogP contribution in [0, 0.1) is 13.8 Å². The summed E-state index contributed by atoms with van der Waals surface area (Å²) in [7, 11) is -2.47. The molecular weight excluding hydrogens is 1200 g/mol. The number of H-pyrrole nitrogens is 2. The van der Waals surface area contributed by atoms with Crippen LogP contribution in [0.25, 0.3) is 33.2 Å². The maximum Gasteiger partial charge on any atom is 0.500 e. The van der Waals surface area contributed by atoms with Crippen LogP contribution in [0.15, 0.2) is 135 Å². The number of nitrogens with zero attached hydrogens (tertiary/aromatic N) is 8. The van der Waals surface area contributed by atoms with Gasteiger partial charge in [-0.25, -0.2) is 9.97 Å². The Kier molecular flexibility index (Phi) is 18.7. The van der Waals surface area contributed by atoms with E-state index >= 15 is 0 Å². The Labute approximate surface area is 530 Å². The summed E-state index contributed by atoms with van der Waals surface area (Å²) in [5, 5.41) is 42.5. The van der Waals surface area contributed by atoms with E-state index in [1.165, 1.54) is 0 Å². The molecule has 0 radical (unpaired) electrons. The number of hydrogen-bond donors (Lipinski definition) is 5. The molecule has 0 bridgehead atoms. The maximum absolute atomic E-state index is 12.4. The molecule has 3 aliphatic rings. The Hall–Kier alpha value is -7.08. The van der Waals surface area contributed by atoms with Gasteiger partial charge in [0.15, 0.2) is 22.7 Å². The summed E-state index contributed by atoms with van der Waals surface area (Å²) in [6, 6.07) is 29.6. The second kappa shape index (κ2) is 25.7. The highest BCUT2D eigenvalue weighted by atomic mass is 79.9. The molecule has 13 rings (SSSR count). The fourth-order valence-corrected chi connectivity index (χ4v) is 18.4. The van der Waals surface area contributed by atoms with Gasteiger partial charge >= 0.3 is 7.12 Å². The molecular formula is C68H82BBrN10O8Si. The lowest BCUT2D eigenvalue weighted by Crippen LogP contribution is -2.48. The SMILES string of the molecule is C.Cc1noc(CO)c1-c1cc(C(O)(c2ccccn2)c2ccccn2)c2nc(C3CC3)[nH]c2c1.Cc1noc(CO[Si](C(C)C)(C(C)C)C(C)C)c1B1OC(C)(C)C(C)(C)O1.OC(c1ccccn1)(c1ccccn1)c1cc(Br)cc2[nH]c(C3CC3)nc12. The summed E-state index contributed by atoms with van der Waals surface area (Å²) < 4.78 is 31.1. The number of benzene rings is 2. The molecule has 18 nitrogen and oxygen atoms in total. The van der Waals surface area contributed by atoms with Crippen molar-refractivity contribution in [2.75, 3.05) is 0 Å². The van der Waals surface area contributed by atoms with Gasteiger partial charge in [0.1, 0.15) is 18.3 Å². The van der Waals surface area contributed by atoms with Crippen LogP contribution < -0.4 is 5.46 Å². The number of halogens is 1.